The Hall–Kier alpha value is -1.78. The fourth-order valence-electron chi connectivity index (χ4n) is 2.58. The first kappa shape index (κ1) is 13.2. The standard InChI is InChI=1S/C16H17N3S/c1-10-9-14(11(2)19-18-10)15(17-3)13-6-4-5-12-7-8-20-16(12)13/h4-9,15,17H,1-3H3. The Balaban J connectivity index is 2.19. The van der Waals surface area contributed by atoms with Crippen molar-refractivity contribution in [2.75, 3.05) is 7.05 Å². The summed E-state index contributed by atoms with van der Waals surface area (Å²) in [6.07, 6.45) is 0. The third-order valence-electron chi connectivity index (χ3n) is 3.56. The zero-order valence-corrected chi connectivity index (χ0v) is 12.7. The van der Waals surface area contributed by atoms with Crippen molar-refractivity contribution in [2.24, 2.45) is 0 Å². The van der Waals surface area contributed by atoms with Crippen molar-refractivity contribution in [2.45, 2.75) is 19.9 Å². The number of benzene rings is 1. The molecular formula is C16H17N3S. The van der Waals surface area contributed by atoms with E-state index >= 15 is 0 Å². The van der Waals surface area contributed by atoms with Crippen molar-refractivity contribution >= 4 is 21.4 Å². The van der Waals surface area contributed by atoms with Crippen LogP contribution in [-0.4, -0.2) is 17.2 Å². The highest BCUT2D eigenvalue weighted by atomic mass is 32.1. The minimum atomic E-state index is 0.145. The van der Waals surface area contributed by atoms with Crippen LogP contribution in [0, 0.1) is 13.8 Å². The van der Waals surface area contributed by atoms with E-state index in [1.807, 2.05) is 20.9 Å². The molecule has 1 atom stereocenters. The summed E-state index contributed by atoms with van der Waals surface area (Å²) in [5.41, 5.74) is 4.42. The fourth-order valence-corrected chi connectivity index (χ4v) is 3.53. The largest absolute Gasteiger partial charge is 0.309 e. The smallest absolute Gasteiger partial charge is 0.0651 e. The van der Waals surface area contributed by atoms with Gasteiger partial charge in [-0.25, -0.2) is 0 Å². The van der Waals surface area contributed by atoms with Crippen molar-refractivity contribution in [3.63, 3.8) is 0 Å². The van der Waals surface area contributed by atoms with Crippen LogP contribution in [0.15, 0.2) is 35.7 Å². The minimum Gasteiger partial charge on any atom is -0.309 e. The molecule has 1 aromatic carbocycles. The SMILES string of the molecule is CNC(c1cc(C)nnc1C)c1cccc2ccsc12. The zero-order valence-electron chi connectivity index (χ0n) is 11.8. The summed E-state index contributed by atoms with van der Waals surface area (Å²) in [4.78, 5) is 0. The van der Waals surface area contributed by atoms with Crippen LogP contribution in [0.25, 0.3) is 10.1 Å². The van der Waals surface area contributed by atoms with Crippen LogP contribution in [-0.2, 0) is 0 Å². The minimum absolute atomic E-state index is 0.145. The lowest BCUT2D eigenvalue weighted by molar-refractivity contribution is 0.680. The second-order valence-electron chi connectivity index (χ2n) is 4.93. The number of aromatic nitrogens is 2. The van der Waals surface area contributed by atoms with Crippen molar-refractivity contribution in [3.8, 4) is 0 Å². The lowest BCUT2D eigenvalue weighted by Gasteiger charge is -2.19. The molecule has 3 nitrogen and oxygen atoms in total. The first-order valence-electron chi connectivity index (χ1n) is 6.65. The summed E-state index contributed by atoms with van der Waals surface area (Å²) < 4.78 is 1.33. The van der Waals surface area contributed by atoms with Crippen LogP contribution in [0.4, 0.5) is 0 Å². The molecule has 2 heterocycles. The van der Waals surface area contributed by atoms with Crippen LogP contribution >= 0.6 is 11.3 Å². The van der Waals surface area contributed by atoms with E-state index in [2.05, 4.69) is 51.2 Å². The molecular weight excluding hydrogens is 266 g/mol. The molecule has 1 N–H and O–H groups in total. The second-order valence-corrected chi connectivity index (χ2v) is 5.85. The number of aryl methyl sites for hydroxylation is 2. The number of nitrogens with one attached hydrogen (secondary N) is 1. The Labute approximate surface area is 122 Å². The molecule has 0 aliphatic heterocycles. The Morgan fingerprint density at radius 1 is 1.10 bits per heavy atom. The van der Waals surface area contributed by atoms with Crippen molar-refractivity contribution in [1.82, 2.24) is 15.5 Å². The van der Waals surface area contributed by atoms with Gasteiger partial charge in [0.15, 0.2) is 0 Å². The van der Waals surface area contributed by atoms with Gasteiger partial charge in [0.25, 0.3) is 0 Å². The van der Waals surface area contributed by atoms with Gasteiger partial charge in [0.1, 0.15) is 0 Å². The van der Waals surface area contributed by atoms with E-state index in [4.69, 9.17) is 0 Å². The maximum atomic E-state index is 4.25. The Bertz CT molecular complexity index is 748. The van der Waals surface area contributed by atoms with Gasteiger partial charge in [-0.3, -0.25) is 0 Å². The van der Waals surface area contributed by atoms with E-state index in [0.717, 1.165) is 11.4 Å². The van der Waals surface area contributed by atoms with Gasteiger partial charge < -0.3 is 5.32 Å². The van der Waals surface area contributed by atoms with Gasteiger partial charge in [-0.15, -0.1) is 11.3 Å². The summed E-state index contributed by atoms with van der Waals surface area (Å²) in [6.45, 7) is 4.00. The van der Waals surface area contributed by atoms with Crippen LogP contribution in [0.1, 0.15) is 28.6 Å². The lowest BCUT2D eigenvalue weighted by atomic mass is 9.97. The van der Waals surface area contributed by atoms with Gasteiger partial charge in [-0.05, 0) is 54.9 Å². The number of thiophene rings is 1. The summed E-state index contributed by atoms with van der Waals surface area (Å²) in [6, 6.07) is 10.9. The molecule has 4 heteroatoms. The van der Waals surface area contributed by atoms with Crippen molar-refractivity contribution in [3.05, 3.63) is 58.2 Å². The molecule has 0 saturated carbocycles. The highest BCUT2D eigenvalue weighted by Gasteiger charge is 2.18. The second kappa shape index (κ2) is 5.31. The maximum Gasteiger partial charge on any atom is 0.0651 e. The average Bonchev–Trinajstić information content (AvgIpc) is 2.92. The Kier molecular flexibility index (Phi) is 3.51. The molecule has 3 rings (SSSR count). The first-order chi connectivity index (χ1) is 9.70. The first-order valence-corrected chi connectivity index (χ1v) is 7.53. The predicted molar refractivity (Wildman–Crippen MR) is 84.2 cm³/mol. The van der Waals surface area contributed by atoms with E-state index in [0.29, 0.717) is 0 Å². The summed E-state index contributed by atoms with van der Waals surface area (Å²) in [7, 11) is 1.99. The molecule has 1 unspecified atom stereocenters. The molecule has 0 aliphatic rings. The molecule has 20 heavy (non-hydrogen) atoms. The van der Waals surface area contributed by atoms with E-state index in [-0.39, 0.29) is 6.04 Å². The molecule has 102 valence electrons. The van der Waals surface area contributed by atoms with Gasteiger partial charge in [0.05, 0.1) is 17.4 Å². The monoisotopic (exact) mass is 283 g/mol. The molecule has 0 aliphatic carbocycles. The Morgan fingerprint density at radius 2 is 1.95 bits per heavy atom. The molecule has 0 radical (unpaired) electrons. The third kappa shape index (κ3) is 2.21. The van der Waals surface area contributed by atoms with Gasteiger partial charge in [-0.2, -0.15) is 10.2 Å². The normalized spacial score (nSPS) is 12.8. The van der Waals surface area contributed by atoms with Crippen molar-refractivity contribution in [1.29, 1.82) is 0 Å². The number of nitrogens with zero attached hydrogens (tertiary/aromatic N) is 2. The quantitative estimate of drug-likeness (QED) is 0.798. The summed E-state index contributed by atoms with van der Waals surface area (Å²) >= 11 is 1.79. The fraction of sp³-hybridized carbons (Fsp3) is 0.250. The molecule has 0 fully saturated rings. The van der Waals surface area contributed by atoms with Gasteiger partial charge in [0, 0.05) is 4.70 Å². The molecule has 0 bridgehead atoms. The molecule has 3 aromatic rings. The zero-order chi connectivity index (χ0) is 14.1. The summed E-state index contributed by atoms with van der Waals surface area (Å²) in [5, 5.41) is 15.2. The number of hydrogen-bond acceptors (Lipinski definition) is 4. The van der Waals surface area contributed by atoms with E-state index in [1.165, 1.54) is 21.2 Å². The summed E-state index contributed by atoms with van der Waals surface area (Å²) in [5.74, 6) is 0. The van der Waals surface area contributed by atoms with E-state index < -0.39 is 0 Å². The topological polar surface area (TPSA) is 37.8 Å². The third-order valence-corrected chi connectivity index (χ3v) is 4.54. The molecule has 0 saturated heterocycles. The molecule has 0 spiro atoms. The number of fused-ring (bicyclic) bond motifs is 1. The predicted octanol–water partition coefficient (Wildman–Crippen LogP) is 3.62. The Morgan fingerprint density at radius 3 is 2.75 bits per heavy atom. The highest BCUT2D eigenvalue weighted by molar-refractivity contribution is 7.17. The van der Waals surface area contributed by atoms with Gasteiger partial charge in [-0.1, -0.05) is 18.2 Å². The highest BCUT2D eigenvalue weighted by Crippen LogP contribution is 2.32. The van der Waals surface area contributed by atoms with Gasteiger partial charge in [0.2, 0.25) is 0 Å². The number of rotatable bonds is 3. The number of hydrogen-bond donors (Lipinski definition) is 1. The maximum absolute atomic E-state index is 4.25. The van der Waals surface area contributed by atoms with Crippen LogP contribution in [0.3, 0.4) is 0 Å². The van der Waals surface area contributed by atoms with E-state index in [9.17, 15) is 0 Å². The van der Waals surface area contributed by atoms with Crippen LogP contribution in [0.5, 0.6) is 0 Å². The van der Waals surface area contributed by atoms with Gasteiger partial charge >= 0.3 is 0 Å². The van der Waals surface area contributed by atoms with Crippen LogP contribution in [0.2, 0.25) is 0 Å². The average molecular weight is 283 g/mol. The van der Waals surface area contributed by atoms with Crippen molar-refractivity contribution < 1.29 is 0 Å². The van der Waals surface area contributed by atoms with Crippen LogP contribution < -0.4 is 5.32 Å². The molecule has 0 amide bonds. The lowest BCUT2D eigenvalue weighted by Crippen LogP contribution is -2.19. The van der Waals surface area contributed by atoms with E-state index in [1.54, 1.807) is 11.3 Å². The molecule has 2 aromatic heterocycles.